The fraction of sp³-hybridized carbons (Fsp3) is 0.250. The Morgan fingerprint density at radius 2 is 2.14 bits per heavy atom. The topological polar surface area (TPSA) is 72.6 Å². The molecular weight excluding hydrogens is 310 g/mol. The highest BCUT2D eigenvalue weighted by Gasteiger charge is 2.12. The van der Waals surface area contributed by atoms with Crippen molar-refractivity contribution >= 4 is 28.9 Å². The van der Waals surface area contributed by atoms with Gasteiger partial charge in [-0.1, -0.05) is 0 Å². The maximum Gasteiger partial charge on any atom is 0.256 e. The number of aryl methyl sites for hydroxylation is 1. The highest BCUT2D eigenvalue weighted by atomic mass is 35.5. The van der Waals surface area contributed by atoms with E-state index in [0.29, 0.717) is 18.4 Å². The number of halogens is 1. The van der Waals surface area contributed by atoms with E-state index in [0.717, 1.165) is 10.7 Å². The van der Waals surface area contributed by atoms with Crippen molar-refractivity contribution in [3.63, 3.8) is 0 Å². The van der Waals surface area contributed by atoms with Crippen LogP contribution in [0.5, 0.6) is 0 Å². The lowest BCUT2D eigenvalue weighted by molar-refractivity contribution is 0.769. The minimum atomic E-state index is 0.131. The molecule has 3 rings (SSSR count). The van der Waals surface area contributed by atoms with E-state index in [9.17, 15) is 0 Å². The first-order chi connectivity index (χ1) is 10.1. The van der Waals surface area contributed by atoms with Crippen molar-refractivity contribution in [3.05, 3.63) is 39.8 Å². The summed E-state index contributed by atoms with van der Waals surface area (Å²) in [6, 6.07) is 1.79. The number of hydrogen-bond acceptors (Lipinski definition) is 7. The largest absolute Gasteiger partial charge is 0.338 e. The Labute approximate surface area is 130 Å². The lowest BCUT2D eigenvalue weighted by Gasteiger charge is -2.16. The van der Waals surface area contributed by atoms with Crippen molar-refractivity contribution in [2.24, 2.45) is 0 Å². The minimum absolute atomic E-state index is 0.131. The van der Waals surface area contributed by atoms with Gasteiger partial charge in [0.25, 0.3) is 5.95 Å². The lowest BCUT2D eigenvalue weighted by atomic mass is 10.4. The fourth-order valence-electron chi connectivity index (χ4n) is 1.78. The number of rotatable bonds is 4. The predicted molar refractivity (Wildman–Crippen MR) is 80.9 cm³/mol. The minimum Gasteiger partial charge on any atom is -0.338 e. The van der Waals surface area contributed by atoms with Crippen LogP contribution in [0, 0.1) is 6.92 Å². The first kappa shape index (κ1) is 13.9. The van der Waals surface area contributed by atoms with E-state index in [4.69, 9.17) is 11.6 Å². The molecule has 0 aliphatic carbocycles. The third-order valence-corrected chi connectivity index (χ3v) is 3.69. The van der Waals surface area contributed by atoms with E-state index in [2.05, 4.69) is 25.0 Å². The molecule has 0 spiro atoms. The first-order valence-electron chi connectivity index (χ1n) is 6.15. The summed E-state index contributed by atoms with van der Waals surface area (Å²) in [5.74, 6) is 0.863. The Morgan fingerprint density at radius 3 is 2.81 bits per heavy atom. The Balaban J connectivity index is 1.87. The summed E-state index contributed by atoms with van der Waals surface area (Å²) in [6.07, 6.45) is 3.40. The Morgan fingerprint density at radius 1 is 1.29 bits per heavy atom. The summed E-state index contributed by atoms with van der Waals surface area (Å²) in [5, 5.41) is 7.27. The summed E-state index contributed by atoms with van der Waals surface area (Å²) in [4.78, 5) is 18.9. The van der Waals surface area contributed by atoms with Gasteiger partial charge in [0.05, 0.1) is 17.2 Å². The number of anilines is 1. The smallest absolute Gasteiger partial charge is 0.256 e. The molecule has 9 heteroatoms. The molecule has 0 atom stereocenters. The highest BCUT2D eigenvalue weighted by Crippen LogP contribution is 2.15. The number of aromatic nitrogens is 6. The van der Waals surface area contributed by atoms with Gasteiger partial charge in [-0.15, -0.1) is 11.3 Å². The van der Waals surface area contributed by atoms with E-state index in [1.807, 2.05) is 24.3 Å². The molecule has 108 valence electrons. The van der Waals surface area contributed by atoms with Crippen molar-refractivity contribution in [3.8, 4) is 5.95 Å². The van der Waals surface area contributed by atoms with Gasteiger partial charge < -0.3 is 4.90 Å². The quantitative estimate of drug-likeness (QED) is 0.733. The molecule has 3 aromatic rings. The molecule has 0 aliphatic heterocycles. The molecular formula is C12H12ClN7S. The Bertz CT molecular complexity index is 740. The zero-order valence-electron chi connectivity index (χ0n) is 11.4. The van der Waals surface area contributed by atoms with E-state index < -0.39 is 0 Å². The molecule has 0 saturated heterocycles. The van der Waals surface area contributed by atoms with Crippen LogP contribution in [0.4, 0.5) is 5.95 Å². The highest BCUT2D eigenvalue weighted by molar-refractivity contribution is 7.09. The van der Waals surface area contributed by atoms with Crippen LogP contribution in [0.3, 0.4) is 0 Å². The van der Waals surface area contributed by atoms with Crippen LogP contribution < -0.4 is 4.90 Å². The fourth-order valence-corrected chi connectivity index (χ4v) is 2.54. The Kier molecular flexibility index (Phi) is 3.80. The molecule has 0 bridgehead atoms. The van der Waals surface area contributed by atoms with E-state index in [1.54, 1.807) is 29.8 Å². The van der Waals surface area contributed by atoms with Gasteiger partial charge in [0.1, 0.15) is 0 Å². The zero-order chi connectivity index (χ0) is 14.8. The lowest BCUT2D eigenvalue weighted by Crippen LogP contribution is -2.21. The Hall–Kier alpha value is -2.06. The average molecular weight is 322 g/mol. The molecule has 7 nitrogen and oxygen atoms in total. The SMILES string of the molecule is Cc1nc(CN(C)c2nc(Cl)nc(-n3cccn3)n2)cs1. The average Bonchev–Trinajstić information content (AvgIpc) is 3.10. The third kappa shape index (κ3) is 3.17. The van der Waals surface area contributed by atoms with Gasteiger partial charge in [-0.05, 0) is 24.6 Å². The van der Waals surface area contributed by atoms with Crippen molar-refractivity contribution < 1.29 is 0 Å². The zero-order valence-corrected chi connectivity index (χ0v) is 13.0. The van der Waals surface area contributed by atoms with E-state index in [1.165, 1.54) is 4.68 Å². The second kappa shape index (κ2) is 5.74. The van der Waals surface area contributed by atoms with Gasteiger partial charge in [0, 0.05) is 24.8 Å². The second-order valence-electron chi connectivity index (χ2n) is 4.37. The van der Waals surface area contributed by atoms with E-state index >= 15 is 0 Å². The van der Waals surface area contributed by atoms with E-state index in [-0.39, 0.29) is 5.28 Å². The first-order valence-corrected chi connectivity index (χ1v) is 7.41. The third-order valence-electron chi connectivity index (χ3n) is 2.70. The van der Waals surface area contributed by atoms with Crippen LogP contribution in [0.2, 0.25) is 5.28 Å². The van der Waals surface area contributed by atoms with Crippen LogP contribution >= 0.6 is 22.9 Å². The van der Waals surface area contributed by atoms with Crippen molar-refractivity contribution in [1.29, 1.82) is 0 Å². The molecule has 3 heterocycles. The molecule has 0 amide bonds. The molecule has 0 fully saturated rings. The second-order valence-corrected chi connectivity index (χ2v) is 5.77. The summed E-state index contributed by atoms with van der Waals surface area (Å²) >= 11 is 7.59. The molecule has 0 radical (unpaired) electrons. The van der Waals surface area contributed by atoms with Crippen molar-refractivity contribution in [2.75, 3.05) is 11.9 Å². The molecule has 0 aromatic carbocycles. The molecule has 21 heavy (non-hydrogen) atoms. The number of thiazole rings is 1. The van der Waals surface area contributed by atoms with Gasteiger partial charge in [0.15, 0.2) is 0 Å². The standard InChI is InChI=1S/C12H12ClN7S/c1-8-15-9(7-21-8)6-19(2)11-16-10(13)17-12(18-11)20-5-3-4-14-20/h3-5,7H,6H2,1-2H3. The predicted octanol–water partition coefficient (Wildman–Crippen LogP) is 2.11. The van der Waals surface area contributed by atoms with Crippen LogP contribution in [0.1, 0.15) is 10.7 Å². The van der Waals surface area contributed by atoms with Gasteiger partial charge in [-0.25, -0.2) is 9.67 Å². The molecule has 0 aliphatic rings. The van der Waals surface area contributed by atoms with Crippen LogP contribution in [0.25, 0.3) is 5.95 Å². The van der Waals surface area contributed by atoms with Gasteiger partial charge >= 0.3 is 0 Å². The number of hydrogen-bond donors (Lipinski definition) is 0. The maximum atomic E-state index is 5.97. The van der Waals surface area contributed by atoms with Gasteiger partial charge in [-0.2, -0.15) is 20.1 Å². The summed E-state index contributed by atoms with van der Waals surface area (Å²) < 4.78 is 1.54. The molecule has 0 N–H and O–H groups in total. The van der Waals surface area contributed by atoms with Crippen LogP contribution in [0.15, 0.2) is 23.8 Å². The van der Waals surface area contributed by atoms with Gasteiger partial charge in [0.2, 0.25) is 11.2 Å². The van der Waals surface area contributed by atoms with Gasteiger partial charge in [-0.3, -0.25) is 0 Å². The van der Waals surface area contributed by atoms with Crippen molar-refractivity contribution in [1.82, 2.24) is 29.7 Å². The molecule has 0 unspecified atom stereocenters. The summed E-state index contributed by atoms with van der Waals surface area (Å²) in [5.41, 5.74) is 0.970. The summed E-state index contributed by atoms with van der Waals surface area (Å²) in [6.45, 7) is 2.58. The molecule has 0 saturated carbocycles. The monoisotopic (exact) mass is 321 g/mol. The van der Waals surface area contributed by atoms with Crippen LogP contribution in [-0.2, 0) is 6.54 Å². The number of nitrogens with zero attached hydrogens (tertiary/aromatic N) is 7. The van der Waals surface area contributed by atoms with Crippen LogP contribution in [-0.4, -0.2) is 36.8 Å². The maximum absolute atomic E-state index is 5.97. The van der Waals surface area contributed by atoms with Crippen molar-refractivity contribution in [2.45, 2.75) is 13.5 Å². The normalized spacial score (nSPS) is 10.8. The summed E-state index contributed by atoms with van der Waals surface area (Å²) in [7, 11) is 1.88. The molecule has 3 aromatic heterocycles.